The van der Waals surface area contributed by atoms with E-state index < -0.39 is 5.97 Å². The lowest BCUT2D eigenvalue weighted by atomic mass is 10.0. The third-order valence-corrected chi connectivity index (χ3v) is 2.86. The van der Waals surface area contributed by atoms with Crippen molar-refractivity contribution in [3.8, 4) is 0 Å². The Morgan fingerprint density at radius 1 is 1.56 bits per heavy atom. The van der Waals surface area contributed by atoms with Crippen LogP contribution in [0.4, 0.5) is 4.39 Å². The third kappa shape index (κ3) is 3.81. The Hall–Kier alpha value is -1.09. The van der Waals surface area contributed by atoms with Crippen LogP contribution >= 0.6 is 11.6 Å². The standard InChI is InChI=1S/C12H14ClFO2/c1-8-7-9(5-6-11(8)14)10(13)3-2-4-12(15)16/h5-7,10H,2-4H2,1H3,(H,15,16). The number of rotatable bonds is 5. The summed E-state index contributed by atoms with van der Waals surface area (Å²) in [5.74, 6) is -1.07. The fraction of sp³-hybridized carbons (Fsp3) is 0.417. The molecule has 1 unspecified atom stereocenters. The molecule has 0 aliphatic heterocycles. The van der Waals surface area contributed by atoms with Crippen LogP contribution in [0.25, 0.3) is 0 Å². The molecule has 0 spiro atoms. The van der Waals surface area contributed by atoms with Crippen molar-refractivity contribution in [3.05, 3.63) is 35.1 Å². The van der Waals surface area contributed by atoms with Gasteiger partial charge in [0.05, 0.1) is 5.38 Å². The van der Waals surface area contributed by atoms with Crippen molar-refractivity contribution in [1.29, 1.82) is 0 Å². The predicted molar refractivity (Wildman–Crippen MR) is 61.2 cm³/mol. The lowest BCUT2D eigenvalue weighted by Gasteiger charge is -2.10. The van der Waals surface area contributed by atoms with Gasteiger partial charge in [0, 0.05) is 6.42 Å². The van der Waals surface area contributed by atoms with E-state index in [-0.39, 0.29) is 17.6 Å². The maximum atomic E-state index is 13.0. The summed E-state index contributed by atoms with van der Waals surface area (Å²) in [5, 5.41) is 8.23. The number of aryl methyl sites for hydroxylation is 1. The van der Waals surface area contributed by atoms with Crippen molar-refractivity contribution in [2.24, 2.45) is 0 Å². The van der Waals surface area contributed by atoms with E-state index in [0.717, 1.165) is 5.56 Å². The zero-order chi connectivity index (χ0) is 12.1. The zero-order valence-corrected chi connectivity index (χ0v) is 9.80. The number of carbonyl (C=O) groups is 1. The largest absolute Gasteiger partial charge is 0.481 e. The SMILES string of the molecule is Cc1cc(C(Cl)CCCC(=O)O)ccc1F. The first-order valence-electron chi connectivity index (χ1n) is 5.12. The molecule has 0 saturated carbocycles. The molecule has 1 N–H and O–H groups in total. The van der Waals surface area contributed by atoms with Crippen molar-refractivity contribution < 1.29 is 14.3 Å². The average Bonchev–Trinajstić information content (AvgIpc) is 2.21. The van der Waals surface area contributed by atoms with E-state index in [1.807, 2.05) is 0 Å². The van der Waals surface area contributed by atoms with Gasteiger partial charge in [-0.3, -0.25) is 4.79 Å². The van der Waals surface area contributed by atoms with Crippen LogP contribution in [0.15, 0.2) is 18.2 Å². The van der Waals surface area contributed by atoms with E-state index in [9.17, 15) is 9.18 Å². The van der Waals surface area contributed by atoms with Gasteiger partial charge in [-0.05, 0) is 37.0 Å². The van der Waals surface area contributed by atoms with Gasteiger partial charge in [0.25, 0.3) is 0 Å². The van der Waals surface area contributed by atoms with Crippen LogP contribution in [-0.4, -0.2) is 11.1 Å². The minimum absolute atomic E-state index is 0.114. The van der Waals surface area contributed by atoms with Gasteiger partial charge in [-0.2, -0.15) is 0 Å². The second-order valence-corrected chi connectivity index (χ2v) is 4.29. The molecule has 1 aromatic carbocycles. The van der Waals surface area contributed by atoms with Gasteiger partial charge in [0.1, 0.15) is 5.82 Å². The molecule has 0 amide bonds. The molecule has 4 heteroatoms. The summed E-state index contributed by atoms with van der Waals surface area (Å²) in [6.07, 6.45) is 1.22. The number of hydrogen-bond acceptors (Lipinski definition) is 1. The van der Waals surface area contributed by atoms with Gasteiger partial charge in [0.15, 0.2) is 0 Å². The highest BCUT2D eigenvalue weighted by atomic mass is 35.5. The molecule has 0 aliphatic carbocycles. The Morgan fingerprint density at radius 3 is 2.81 bits per heavy atom. The fourth-order valence-corrected chi connectivity index (χ4v) is 1.75. The average molecular weight is 245 g/mol. The summed E-state index contributed by atoms with van der Waals surface area (Å²) >= 11 is 6.10. The Labute approximate surface area is 99.0 Å². The molecule has 1 rings (SSSR count). The van der Waals surface area contributed by atoms with Gasteiger partial charge in [-0.1, -0.05) is 12.1 Å². The van der Waals surface area contributed by atoms with Crippen molar-refractivity contribution in [1.82, 2.24) is 0 Å². The van der Waals surface area contributed by atoms with Crippen LogP contribution in [0.1, 0.15) is 35.8 Å². The molecule has 0 bridgehead atoms. The van der Waals surface area contributed by atoms with E-state index in [1.165, 1.54) is 6.07 Å². The maximum absolute atomic E-state index is 13.0. The van der Waals surface area contributed by atoms with E-state index in [1.54, 1.807) is 19.1 Å². The quantitative estimate of drug-likeness (QED) is 0.803. The van der Waals surface area contributed by atoms with Gasteiger partial charge in [-0.15, -0.1) is 11.6 Å². The van der Waals surface area contributed by atoms with Gasteiger partial charge in [-0.25, -0.2) is 4.39 Å². The van der Waals surface area contributed by atoms with Crippen molar-refractivity contribution in [2.45, 2.75) is 31.6 Å². The second kappa shape index (κ2) is 5.85. The van der Waals surface area contributed by atoms with Crippen molar-refractivity contribution in [2.75, 3.05) is 0 Å². The minimum atomic E-state index is -0.820. The highest BCUT2D eigenvalue weighted by Gasteiger charge is 2.10. The minimum Gasteiger partial charge on any atom is -0.481 e. The molecule has 88 valence electrons. The number of halogens is 2. The Kier molecular flexibility index (Phi) is 4.74. The van der Waals surface area contributed by atoms with E-state index in [0.29, 0.717) is 18.4 Å². The molecular weight excluding hydrogens is 231 g/mol. The summed E-state index contributed by atoms with van der Waals surface area (Å²) in [5.41, 5.74) is 1.40. The summed E-state index contributed by atoms with van der Waals surface area (Å²) < 4.78 is 13.0. The summed E-state index contributed by atoms with van der Waals surface area (Å²) in [6.45, 7) is 1.68. The Bertz CT molecular complexity index is 379. The number of aliphatic carboxylic acids is 1. The number of carboxylic acids is 1. The van der Waals surface area contributed by atoms with E-state index in [4.69, 9.17) is 16.7 Å². The van der Waals surface area contributed by atoms with Crippen LogP contribution in [0, 0.1) is 12.7 Å². The van der Waals surface area contributed by atoms with Gasteiger partial charge in [0.2, 0.25) is 0 Å². The normalized spacial score (nSPS) is 12.4. The number of hydrogen-bond donors (Lipinski definition) is 1. The maximum Gasteiger partial charge on any atom is 0.303 e. The molecule has 0 aromatic heterocycles. The number of alkyl halides is 1. The number of carboxylic acid groups (broad SMARTS) is 1. The molecule has 1 atom stereocenters. The zero-order valence-electron chi connectivity index (χ0n) is 9.04. The molecule has 0 saturated heterocycles. The summed E-state index contributed by atoms with van der Waals surface area (Å²) in [6, 6.07) is 4.73. The highest BCUT2D eigenvalue weighted by molar-refractivity contribution is 6.20. The monoisotopic (exact) mass is 244 g/mol. The first-order chi connectivity index (χ1) is 7.50. The first-order valence-corrected chi connectivity index (χ1v) is 5.56. The molecule has 1 aromatic rings. The lowest BCUT2D eigenvalue weighted by Crippen LogP contribution is -1.97. The summed E-state index contributed by atoms with van der Waals surface area (Å²) in [7, 11) is 0. The van der Waals surface area contributed by atoms with E-state index in [2.05, 4.69) is 0 Å². The number of benzene rings is 1. The highest BCUT2D eigenvalue weighted by Crippen LogP contribution is 2.27. The van der Waals surface area contributed by atoms with E-state index >= 15 is 0 Å². The Morgan fingerprint density at radius 2 is 2.25 bits per heavy atom. The smallest absolute Gasteiger partial charge is 0.303 e. The second-order valence-electron chi connectivity index (χ2n) is 3.76. The summed E-state index contributed by atoms with van der Waals surface area (Å²) in [4.78, 5) is 10.3. The molecule has 2 nitrogen and oxygen atoms in total. The van der Waals surface area contributed by atoms with Crippen LogP contribution in [0.5, 0.6) is 0 Å². The van der Waals surface area contributed by atoms with Crippen LogP contribution < -0.4 is 0 Å². The molecule has 0 radical (unpaired) electrons. The van der Waals surface area contributed by atoms with Crippen molar-refractivity contribution >= 4 is 17.6 Å². The molecule has 0 fully saturated rings. The van der Waals surface area contributed by atoms with Crippen LogP contribution in [0.3, 0.4) is 0 Å². The molecule has 0 aliphatic rings. The molecular formula is C12H14ClFO2. The third-order valence-electron chi connectivity index (χ3n) is 2.39. The lowest BCUT2D eigenvalue weighted by molar-refractivity contribution is -0.137. The fourth-order valence-electron chi connectivity index (χ4n) is 1.46. The van der Waals surface area contributed by atoms with Crippen molar-refractivity contribution in [3.63, 3.8) is 0 Å². The van der Waals surface area contributed by atoms with Crippen LogP contribution in [0.2, 0.25) is 0 Å². The van der Waals surface area contributed by atoms with Crippen LogP contribution in [-0.2, 0) is 4.79 Å². The molecule has 16 heavy (non-hydrogen) atoms. The predicted octanol–water partition coefficient (Wildman–Crippen LogP) is 3.67. The Balaban J connectivity index is 2.55. The molecule has 0 heterocycles. The first kappa shape index (κ1) is 13.0. The van der Waals surface area contributed by atoms with Gasteiger partial charge < -0.3 is 5.11 Å². The van der Waals surface area contributed by atoms with Gasteiger partial charge >= 0.3 is 5.97 Å². The topological polar surface area (TPSA) is 37.3 Å².